The van der Waals surface area contributed by atoms with E-state index in [1.165, 1.54) is 14.0 Å². The number of ketones is 1. The number of carboxylic acid groups (broad SMARTS) is 1. The van der Waals surface area contributed by atoms with Crippen LogP contribution in [0.25, 0.3) is 0 Å². The third kappa shape index (κ3) is 12.2. The Morgan fingerprint density at radius 3 is 2.41 bits per heavy atom. The Bertz CT molecular complexity index is 927. The summed E-state index contributed by atoms with van der Waals surface area (Å²) in [6.07, 6.45) is -2.16. The van der Waals surface area contributed by atoms with Crippen molar-refractivity contribution in [3.05, 3.63) is 0 Å². The van der Waals surface area contributed by atoms with Gasteiger partial charge in [0.05, 0.1) is 26.6 Å². The van der Waals surface area contributed by atoms with Crippen LogP contribution < -0.4 is 15.7 Å². The van der Waals surface area contributed by atoms with Crippen LogP contribution in [0.3, 0.4) is 0 Å². The molecule has 2 amide bonds. The zero-order valence-corrected chi connectivity index (χ0v) is 22.9. The summed E-state index contributed by atoms with van der Waals surface area (Å²) < 4.78 is 28.2. The van der Waals surface area contributed by atoms with Gasteiger partial charge in [0.2, 0.25) is 11.8 Å². The Balaban J connectivity index is 2.39. The fourth-order valence-electron chi connectivity index (χ4n) is 2.96. The number of nitrogens with one attached hydrogen (secondary N) is 3. The van der Waals surface area contributed by atoms with Crippen LogP contribution in [0.4, 0.5) is 0 Å². The lowest BCUT2D eigenvalue weighted by molar-refractivity contribution is -0.143. The first-order valence-electron chi connectivity index (χ1n) is 11.4. The van der Waals surface area contributed by atoms with Gasteiger partial charge in [-0.05, 0) is 6.92 Å². The number of thioether (sulfide) groups is 1. The molecule has 16 heteroatoms. The van der Waals surface area contributed by atoms with E-state index in [1.54, 1.807) is 13.8 Å². The van der Waals surface area contributed by atoms with E-state index in [2.05, 4.69) is 20.5 Å². The van der Waals surface area contributed by atoms with Crippen molar-refractivity contribution in [3.8, 4) is 0 Å². The topological polar surface area (TPSA) is 203 Å². The van der Waals surface area contributed by atoms with Crippen molar-refractivity contribution in [2.24, 2.45) is 5.41 Å². The zero-order valence-electron chi connectivity index (χ0n) is 21.2. The summed E-state index contributed by atoms with van der Waals surface area (Å²) in [4.78, 5) is 69.9. The Hall–Kier alpha value is -2.32. The van der Waals surface area contributed by atoms with Crippen LogP contribution in [0.1, 0.15) is 46.5 Å². The molecule has 210 valence electrons. The molecule has 0 bridgehead atoms. The number of Topliss-reactive ketones (excluding diaryl/α,β-unsaturated/α-hetero) is 1. The van der Waals surface area contributed by atoms with Gasteiger partial charge in [0, 0.05) is 37.1 Å². The lowest BCUT2D eigenvalue weighted by Crippen LogP contribution is -2.51. The van der Waals surface area contributed by atoms with E-state index in [0.717, 1.165) is 11.8 Å². The largest absolute Gasteiger partial charge is 0.481 e. The molecule has 1 fully saturated rings. The molecule has 1 saturated heterocycles. The molecule has 0 radical (unpaired) electrons. The number of carbonyl (C=O) groups is 6. The van der Waals surface area contributed by atoms with Gasteiger partial charge in [-0.15, -0.1) is 0 Å². The number of ether oxygens (including phenoxy) is 1. The third-order valence-corrected chi connectivity index (χ3v) is 7.54. The fraction of sp³-hybridized carbons (Fsp3) is 0.714. The highest BCUT2D eigenvalue weighted by Gasteiger charge is 2.48. The summed E-state index contributed by atoms with van der Waals surface area (Å²) in [5.74, 6) is -3.04. The van der Waals surface area contributed by atoms with Gasteiger partial charge in [0.1, 0.15) is 11.8 Å². The van der Waals surface area contributed by atoms with Gasteiger partial charge in [-0.25, -0.2) is 9.65 Å². The number of hydrogen-bond donors (Lipinski definition) is 4. The van der Waals surface area contributed by atoms with Gasteiger partial charge >= 0.3 is 19.7 Å². The van der Waals surface area contributed by atoms with E-state index in [1.807, 2.05) is 0 Å². The second-order valence-corrected chi connectivity index (χ2v) is 11.7. The van der Waals surface area contributed by atoms with Crippen LogP contribution in [0, 0.1) is 5.41 Å². The van der Waals surface area contributed by atoms with E-state index >= 15 is 0 Å². The van der Waals surface area contributed by atoms with Crippen molar-refractivity contribution >= 4 is 54.2 Å². The van der Waals surface area contributed by atoms with E-state index in [9.17, 15) is 33.3 Å². The molecule has 1 aliphatic rings. The van der Waals surface area contributed by atoms with Crippen LogP contribution >= 0.6 is 19.5 Å². The predicted molar refractivity (Wildman–Crippen MR) is 131 cm³/mol. The summed E-state index contributed by atoms with van der Waals surface area (Å²) in [5.41, 5.74) is -0.852. The third-order valence-electron chi connectivity index (χ3n) is 5.00. The van der Waals surface area contributed by atoms with Crippen molar-refractivity contribution in [2.45, 2.75) is 58.6 Å². The number of carboxylic acids is 1. The number of hydrogen-bond acceptors (Lipinski definition) is 11. The van der Waals surface area contributed by atoms with Gasteiger partial charge in [0.25, 0.3) is 0 Å². The Morgan fingerprint density at radius 1 is 1.11 bits per heavy atom. The van der Waals surface area contributed by atoms with Gasteiger partial charge in [-0.1, -0.05) is 25.6 Å². The molecule has 0 spiro atoms. The number of rotatable bonds is 15. The highest BCUT2D eigenvalue weighted by Crippen LogP contribution is 2.53. The Morgan fingerprint density at radius 2 is 1.78 bits per heavy atom. The molecule has 0 saturated carbocycles. The molecule has 0 aromatic carbocycles. The minimum Gasteiger partial charge on any atom is -0.481 e. The molecule has 37 heavy (non-hydrogen) atoms. The average Bonchev–Trinajstić information content (AvgIpc) is 2.81. The maximum absolute atomic E-state index is 12.9. The summed E-state index contributed by atoms with van der Waals surface area (Å²) >= 11 is 0.854. The van der Waals surface area contributed by atoms with Crippen molar-refractivity contribution < 1.29 is 52.2 Å². The van der Waals surface area contributed by atoms with Crippen molar-refractivity contribution in [1.82, 2.24) is 15.7 Å². The summed E-state index contributed by atoms with van der Waals surface area (Å²) in [6.45, 7) is 4.77. The zero-order chi connectivity index (χ0) is 28.2. The summed E-state index contributed by atoms with van der Waals surface area (Å²) in [5, 5.41) is 15.7. The van der Waals surface area contributed by atoms with Crippen LogP contribution in [0.2, 0.25) is 0 Å². The highest BCUT2D eigenvalue weighted by atomic mass is 32.2. The molecule has 0 aliphatic carbocycles. The van der Waals surface area contributed by atoms with Gasteiger partial charge in [0.15, 0.2) is 11.2 Å². The molecule has 1 heterocycles. The van der Waals surface area contributed by atoms with E-state index in [4.69, 9.17) is 14.2 Å². The average molecular weight is 568 g/mol. The second-order valence-electron chi connectivity index (χ2n) is 8.84. The minimum atomic E-state index is -3.99. The number of amides is 2. The molecule has 1 rings (SSSR count). The van der Waals surface area contributed by atoms with E-state index in [0.29, 0.717) is 0 Å². The summed E-state index contributed by atoms with van der Waals surface area (Å²) in [6, 6.07) is -1.00. The quantitative estimate of drug-likeness (QED) is 0.0916. The van der Waals surface area contributed by atoms with Crippen LogP contribution in [-0.2, 0) is 47.1 Å². The lowest BCUT2D eigenvalue weighted by Gasteiger charge is -2.40. The first-order valence-corrected chi connectivity index (χ1v) is 13.9. The van der Waals surface area contributed by atoms with Crippen molar-refractivity contribution in [1.29, 1.82) is 0 Å². The Kier molecular flexibility index (Phi) is 13.4. The number of aliphatic carboxylic acids is 1. The standard InChI is InChI=1S/C21H34N3O11PS/c1-13(20(31)33-4)24-36(32)34-12-21(2,3)18(35-36)19(30)23-8-7-15(26)22-9-10-37-17(29)11-14(25)5-6-16(27)28/h13,18H,5-12H2,1-4H3,(H,22,26)(H,23,30)(H,24,32)(H,27,28)/t13-,18-,36?/m0/s1. The monoisotopic (exact) mass is 567 g/mol. The first kappa shape index (κ1) is 32.7. The number of carbonyl (C=O) groups excluding carboxylic acids is 5. The van der Waals surface area contributed by atoms with Crippen LogP contribution in [0.15, 0.2) is 0 Å². The van der Waals surface area contributed by atoms with Crippen molar-refractivity contribution in [2.75, 3.05) is 32.6 Å². The SMILES string of the molecule is COC(=O)[C@H](C)NP1(=O)OCC(C)(C)[C@H](C(=O)NCCC(=O)NCCSC(=O)CC(=O)CCC(=O)O)O1. The fourth-order valence-corrected chi connectivity index (χ4v) is 5.59. The molecule has 1 aliphatic heterocycles. The molecule has 3 atom stereocenters. The van der Waals surface area contributed by atoms with Crippen LogP contribution in [-0.4, -0.2) is 84.5 Å². The number of esters is 1. The summed E-state index contributed by atoms with van der Waals surface area (Å²) in [7, 11) is -2.82. The molecule has 1 unspecified atom stereocenters. The normalized spacial score (nSPS) is 21.4. The van der Waals surface area contributed by atoms with Gasteiger partial charge < -0.3 is 20.5 Å². The van der Waals surface area contributed by atoms with Crippen LogP contribution in [0.5, 0.6) is 0 Å². The van der Waals surface area contributed by atoms with E-state index in [-0.39, 0.29) is 51.1 Å². The molecule has 0 aromatic heterocycles. The maximum Gasteiger partial charge on any atom is 0.407 e. The predicted octanol–water partition coefficient (Wildman–Crippen LogP) is 0.394. The molecule has 14 nitrogen and oxygen atoms in total. The lowest BCUT2D eigenvalue weighted by atomic mass is 9.87. The molecular formula is C21H34N3O11PS. The molecule has 4 N–H and O–H groups in total. The minimum absolute atomic E-state index is 0.0398. The van der Waals surface area contributed by atoms with Gasteiger partial charge in [-0.3, -0.25) is 37.8 Å². The maximum atomic E-state index is 12.9. The molecule has 0 aromatic rings. The Labute approximate surface area is 218 Å². The first-order chi connectivity index (χ1) is 17.2. The molecular weight excluding hydrogens is 533 g/mol. The smallest absolute Gasteiger partial charge is 0.407 e. The van der Waals surface area contributed by atoms with Gasteiger partial charge in [-0.2, -0.15) is 0 Å². The number of methoxy groups -OCH3 is 1. The van der Waals surface area contributed by atoms with E-state index < -0.39 is 60.0 Å². The highest BCUT2D eigenvalue weighted by molar-refractivity contribution is 8.13. The van der Waals surface area contributed by atoms with Crippen molar-refractivity contribution in [3.63, 3.8) is 0 Å². The second kappa shape index (κ2) is 15.2.